The standard InChI is InChI=1S/C36H55N5O8S/c1-8-24-19-36(24,31(44)39-50(47,48)26-14-15-26)38-29(42)27-20-35(46,25-13-11-12-23(18-25)21-40-16-9-10-17-40)22-41(27)30(43)28(33(2,3)4)37-32(45)49-34(5,6)7/h8,11-13,24-28,46H,1,9-10,14-22H2,2-7H3,(H,37,45)(H,38,42)(H,39,44)/t24-,25?,27+,28-,35+,36-/m1/s1. The zero-order valence-electron chi connectivity index (χ0n) is 30.3. The van der Waals surface area contributed by atoms with Gasteiger partial charge in [0.1, 0.15) is 23.2 Å². The van der Waals surface area contributed by atoms with Crippen LogP contribution in [0, 0.1) is 17.3 Å². The van der Waals surface area contributed by atoms with Crippen LogP contribution in [0.5, 0.6) is 0 Å². The molecule has 14 heteroatoms. The van der Waals surface area contributed by atoms with Crippen LogP contribution in [0.25, 0.3) is 0 Å². The molecule has 6 atom stereocenters. The first-order valence-corrected chi connectivity index (χ1v) is 19.3. The molecule has 2 aliphatic heterocycles. The van der Waals surface area contributed by atoms with Gasteiger partial charge in [-0.2, -0.15) is 0 Å². The number of carbonyl (C=O) groups excluding carboxylic acids is 4. The molecule has 0 spiro atoms. The van der Waals surface area contributed by atoms with E-state index in [-0.39, 0.29) is 19.4 Å². The number of hydrogen-bond donors (Lipinski definition) is 4. The van der Waals surface area contributed by atoms with Gasteiger partial charge in [0.2, 0.25) is 21.8 Å². The second-order valence-corrected chi connectivity index (χ2v) is 18.9. The molecule has 4 amide bonds. The van der Waals surface area contributed by atoms with E-state index in [0.717, 1.165) is 38.0 Å². The van der Waals surface area contributed by atoms with Gasteiger partial charge >= 0.3 is 6.09 Å². The predicted molar refractivity (Wildman–Crippen MR) is 188 cm³/mol. The minimum Gasteiger partial charge on any atom is -0.444 e. The Balaban J connectivity index is 1.42. The lowest BCUT2D eigenvalue weighted by molar-refractivity contribution is -0.143. The number of rotatable bonds is 11. The molecule has 1 unspecified atom stereocenters. The third kappa shape index (κ3) is 8.45. The predicted octanol–water partition coefficient (Wildman–Crippen LogP) is 2.53. The molecule has 50 heavy (non-hydrogen) atoms. The van der Waals surface area contributed by atoms with Crippen molar-refractivity contribution in [2.45, 2.75) is 121 Å². The van der Waals surface area contributed by atoms with Crippen LogP contribution < -0.4 is 15.4 Å². The molecule has 2 heterocycles. The van der Waals surface area contributed by atoms with Gasteiger partial charge in [-0.1, -0.05) is 50.6 Å². The van der Waals surface area contributed by atoms with Crippen molar-refractivity contribution in [3.8, 4) is 0 Å². The summed E-state index contributed by atoms with van der Waals surface area (Å²) in [7, 11) is -3.90. The molecule has 278 valence electrons. The van der Waals surface area contributed by atoms with E-state index in [0.29, 0.717) is 19.3 Å². The Morgan fingerprint density at radius 3 is 2.32 bits per heavy atom. The van der Waals surface area contributed by atoms with Crippen LogP contribution in [0.3, 0.4) is 0 Å². The second-order valence-electron chi connectivity index (χ2n) is 16.9. The molecule has 0 radical (unpaired) electrons. The average Bonchev–Trinajstić information content (AvgIpc) is 3.90. The van der Waals surface area contributed by atoms with Crippen molar-refractivity contribution < 1.29 is 37.4 Å². The molecular weight excluding hydrogens is 662 g/mol. The molecular formula is C36H55N5O8S. The van der Waals surface area contributed by atoms with E-state index in [1.165, 1.54) is 11.0 Å². The number of carbonyl (C=O) groups is 4. The van der Waals surface area contributed by atoms with Gasteiger partial charge in [-0.25, -0.2) is 13.2 Å². The van der Waals surface area contributed by atoms with Crippen molar-refractivity contribution in [3.63, 3.8) is 0 Å². The topological polar surface area (TPSA) is 174 Å². The molecule has 0 bridgehead atoms. The summed E-state index contributed by atoms with van der Waals surface area (Å²) in [5, 5.41) is 17.2. The lowest BCUT2D eigenvalue weighted by Crippen LogP contribution is -2.60. The Labute approximate surface area is 296 Å². The summed E-state index contributed by atoms with van der Waals surface area (Å²) >= 11 is 0. The number of allylic oxidation sites excluding steroid dienone is 2. The van der Waals surface area contributed by atoms with Crippen LogP contribution in [-0.2, 0) is 29.1 Å². The number of sulfonamides is 1. The van der Waals surface area contributed by atoms with Crippen molar-refractivity contribution >= 4 is 33.8 Å². The van der Waals surface area contributed by atoms with Gasteiger partial charge in [0.15, 0.2) is 0 Å². The van der Waals surface area contributed by atoms with E-state index in [2.05, 4.69) is 32.9 Å². The summed E-state index contributed by atoms with van der Waals surface area (Å²) in [6, 6.07) is -2.36. The Hall–Kier alpha value is -3.23. The second kappa shape index (κ2) is 13.7. The van der Waals surface area contributed by atoms with Gasteiger partial charge in [-0.05, 0) is 77.8 Å². The molecule has 2 saturated carbocycles. The number of ether oxygens (including phenoxy) is 1. The summed E-state index contributed by atoms with van der Waals surface area (Å²) in [6.45, 7) is 16.9. The highest BCUT2D eigenvalue weighted by Gasteiger charge is 2.63. The Kier molecular flexibility index (Phi) is 10.4. The molecule has 0 aromatic carbocycles. The monoisotopic (exact) mass is 717 g/mol. The van der Waals surface area contributed by atoms with E-state index in [9.17, 15) is 32.7 Å². The molecule has 5 aliphatic rings. The molecule has 2 saturated heterocycles. The van der Waals surface area contributed by atoms with Crippen LogP contribution in [-0.4, -0.2) is 107 Å². The fraction of sp³-hybridized carbons (Fsp3) is 0.722. The molecule has 4 fully saturated rings. The van der Waals surface area contributed by atoms with Gasteiger partial charge in [-0.3, -0.25) is 24.0 Å². The zero-order chi connectivity index (χ0) is 36.9. The molecule has 0 aromatic rings. The highest BCUT2D eigenvalue weighted by Crippen LogP contribution is 2.46. The van der Waals surface area contributed by atoms with Gasteiger partial charge in [0.05, 0.1) is 17.4 Å². The number of nitrogens with zero attached hydrogens (tertiary/aromatic N) is 2. The number of aliphatic hydroxyl groups is 1. The molecule has 0 aromatic heterocycles. The smallest absolute Gasteiger partial charge is 0.408 e. The summed E-state index contributed by atoms with van der Waals surface area (Å²) < 4.78 is 33.0. The first-order chi connectivity index (χ1) is 23.2. The summed E-state index contributed by atoms with van der Waals surface area (Å²) in [5.74, 6) is -3.07. The number of likely N-dealkylation sites (tertiary alicyclic amines) is 2. The van der Waals surface area contributed by atoms with Crippen LogP contribution >= 0.6 is 0 Å². The van der Waals surface area contributed by atoms with Crippen LogP contribution in [0.1, 0.15) is 86.5 Å². The van der Waals surface area contributed by atoms with Crippen molar-refractivity contribution in [2.24, 2.45) is 17.3 Å². The normalized spacial score (nSPS) is 30.7. The fourth-order valence-corrected chi connectivity index (χ4v) is 8.73. The number of alkyl carbamates (subject to hydrolysis) is 1. The van der Waals surface area contributed by atoms with Crippen molar-refractivity contribution in [3.05, 3.63) is 36.5 Å². The fourth-order valence-electron chi connectivity index (χ4n) is 7.37. The van der Waals surface area contributed by atoms with Gasteiger partial charge in [0.25, 0.3) is 5.91 Å². The molecule has 4 N–H and O–H groups in total. The van der Waals surface area contributed by atoms with Crippen molar-refractivity contribution in [1.29, 1.82) is 0 Å². The van der Waals surface area contributed by atoms with Gasteiger partial charge in [-0.15, -0.1) is 6.58 Å². The highest BCUT2D eigenvalue weighted by atomic mass is 32.2. The first kappa shape index (κ1) is 38.0. The summed E-state index contributed by atoms with van der Waals surface area (Å²) in [6.07, 6.45) is 10.3. The average molecular weight is 718 g/mol. The Bertz CT molecular complexity index is 1550. The lowest BCUT2D eigenvalue weighted by atomic mass is 9.78. The minimum atomic E-state index is -3.90. The number of amides is 4. The quantitative estimate of drug-likeness (QED) is 0.234. The SMILES string of the molecule is C=C[C@@H]1C[C@]1(NC(=O)[C@@H]1C[C@@](O)(C2C=CC=C(CN3CCCC3)C2)CN1C(=O)[C@@H](NC(=O)OC(C)(C)C)C(C)(C)C)C(=O)NS(=O)(=O)C1CC1. The largest absolute Gasteiger partial charge is 0.444 e. The van der Waals surface area contributed by atoms with E-state index < -0.39 is 85.2 Å². The highest BCUT2D eigenvalue weighted by molar-refractivity contribution is 7.91. The van der Waals surface area contributed by atoms with E-state index in [4.69, 9.17) is 4.74 Å². The Morgan fingerprint density at radius 1 is 1.10 bits per heavy atom. The number of β-amino-alcohol motifs (C(OH)–C–C–N with tert-alkyl or cyclic N) is 1. The van der Waals surface area contributed by atoms with E-state index >= 15 is 0 Å². The Morgan fingerprint density at radius 2 is 1.76 bits per heavy atom. The van der Waals surface area contributed by atoms with E-state index in [1.807, 2.05) is 12.2 Å². The van der Waals surface area contributed by atoms with Crippen LogP contribution in [0.2, 0.25) is 0 Å². The van der Waals surface area contributed by atoms with Gasteiger partial charge < -0.3 is 25.4 Å². The van der Waals surface area contributed by atoms with E-state index in [1.54, 1.807) is 41.5 Å². The zero-order valence-corrected chi connectivity index (χ0v) is 31.1. The lowest BCUT2D eigenvalue weighted by Gasteiger charge is -2.37. The summed E-state index contributed by atoms with van der Waals surface area (Å²) in [4.78, 5) is 59.0. The van der Waals surface area contributed by atoms with Crippen molar-refractivity contribution in [1.82, 2.24) is 25.2 Å². The molecule has 13 nitrogen and oxygen atoms in total. The van der Waals surface area contributed by atoms with Crippen LogP contribution in [0.15, 0.2) is 36.5 Å². The number of nitrogens with one attached hydrogen (secondary N) is 3. The number of hydrogen-bond acceptors (Lipinski definition) is 9. The van der Waals surface area contributed by atoms with Crippen LogP contribution in [0.4, 0.5) is 4.79 Å². The minimum absolute atomic E-state index is 0.128. The molecule has 5 rings (SSSR count). The summed E-state index contributed by atoms with van der Waals surface area (Å²) in [5.41, 5.74) is -3.58. The third-order valence-electron chi connectivity index (χ3n) is 10.4. The molecule has 3 aliphatic carbocycles. The maximum absolute atomic E-state index is 14.5. The van der Waals surface area contributed by atoms with Crippen molar-refractivity contribution in [2.75, 3.05) is 26.2 Å². The maximum Gasteiger partial charge on any atom is 0.408 e. The maximum atomic E-state index is 14.5. The first-order valence-electron chi connectivity index (χ1n) is 17.8. The third-order valence-corrected chi connectivity index (χ3v) is 12.3. The van der Waals surface area contributed by atoms with Gasteiger partial charge in [0, 0.05) is 24.8 Å².